The molecule has 0 fully saturated rings. The van der Waals surface area contributed by atoms with Gasteiger partial charge in [0.05, 0.1) is 0 Å². The molecular formula is C16H18S. The van der Waals surface area contributed by atoms with Gasteiger partial charge in [0.15, 0.2) is 0 Å². The van der Waals surface area contributed by atoms with Gasteiger partial charge in [-0.2, -0.15) is 0 Å². The second kappa shape index (κ2) is 4.38. The molecule has 0 aromatic heterocycles. The van der Waals surface area contributed by atoms with Crippen molar-refractivity contribution in [3.05, 3.63) is 46.5 Å². The van der Waals surface area contributed by atoms with E-state index < -0.39 is 0 Å². The first-order chi connectivity index (χ1) is 8.25. The van der Waals surface area contributed by atoms with Crippen LogP contribution < -0.4 is 0 Å². The van der Waals surface area contributed by atoms with Crippen molar-refractivity contribution in [2.24, 2.45) is 0 Å². The summed E-state index contributed by atoms with van der Waals surface area (Å²) in [5.74, 6) is 1.26. The van der Waals surface area contributed by atoms with Gasteiger partial charge >= 0.3 is 0 Å². The molecule has 0 spiro atoms. The van der Waals surface area contributed by atoms with Crippen molar-refractivity contribution < 1.29 is 0 Å². The largest absolute Gasteiger partial charge is 0.126 e. The Labute approximate surface area is 108 Å². The zero-order chi connectivity index (χ0) is 11.8. The standard InChI is InChI=1S/C16H18S/c1-11-5-3-4-6-14(11)15-10-13-7-8-17-16(13)9-12(15)2/h3,5,9-10H,4,6-8H2,1-2H3. The highest BCUT2D eigenvalue weighted by molar-refractivity contribution is 7.99. The molecule has 0 saturated carbocycles. The first kappa shape index (κ1) is 11.2. The molecule has 88 valence electrons. The number of aryl methyl sites for hydroxylation is 2. The third-order valence-corrected chi connectivity index (χ3v) is 4.87. The lowest BCUT2D eigenvalue weighted by Gasteiger charge is -2.17. The number of hydrogen-bond donors (Lipinski definition) is 0. The van der Waals surface area contributed by atoms with E-state index in [0.29, 0.717) is 0 Å². The van der Waals surface area contributed by atoms with Crippen LogP contribution in [0.25, 0.3) is 5.57 Å². The van der Waals surface area contributed by atoms with Crippen LogP contribution in [0.5, 0.6) is 0 Å². The lowest BCUT2D eigenvalue weighted by atomic mass is 9.88. The molecule has 1 aromatic rings. The molecule has 0 saturated heterocycles. The highest BCUT2D eigenvalue weighted by Crippen LogP contribution is 2.37. The lowest BCUT2D eigenvalue weighted by Crippen LogP contribution is -1.97. The molecule has 0 radical (unpaired) electrons. The third-order valence-electron chi connectivity index (χ3n) is 3.77. The van der Waals surface area contributed by atoms with E-state index in [2.05, 4.69) is 38.1 Å². The highest BCUT2D eigenvalue weighted by Gasteiger charge is 2.16. The zero-order valence-electron chi connectivity index (χ0n) is 10.5. The molecule has 1 aliphatic heterocycles. The first-order valence-electron chi connectivity index (χ1n) is 6.38. The number of thioether (sulfide) groups is 1. The summed E-state index contributed by atoms with van der Waals surface area (Å²) in [7, 11) is 0. The fourth-order valence-corrected chi connectivity index (χ4v) is 3.93. The maximum absolute atomic E-state index is 2.45. The van der Waals surface area contributed by atoms with Crippen molar-refractivity contribution >= 4 is 17.3 Å². The molecule has 1 heteroatoms. The molecule has 3 rings (SSSR count). The number of allylic oxidation sites excluding steroid dienone is 4. The van der Waals surface area contributed by atoms with E-state index in [4.69, 9.17) is 0 Å². The Morgan fingerprint density at radius 1 is 1.12 bits per heavy atom. The van der Waals surface area contributed by atoms with Crippen LogP contribution in [0.3, 0.4) is 0 Å². The molecule has 17 heavy (non-hydrogen) atoms. The van der Waals surface area contributed by atoms with Crippen LogP contribution in [-0.2, 0) is 6.42 Å². The van der Waals surface area contributed by atoms with E-state index in [-0.39, 0.29) is 0 Å². The Bertz CT molecular complexity index is 521. The van der Waals surface area contributed by atoms with Crippen LogP contribution in [-0.4, -0.2) is 5.75 Å². The Hall–Kier alpha value is -0.950. The van der Waals surface area contributed by atoms with Gasteiger partial charge in [-0.25, -0.2) is 0 Å². The molecule has 0 bridgehead atoms. The maximum Gasteiger partial charge on any atom is 0.0107 e. The van der Waals surface area contributed by atoms with Gasteiger partial charge in [0.1, 0.15) is 0 Å². The average Bonchev–Trinajstić information content (AvgIpc) is 2.76. The van der Waals surface area contributed by atoms with Gasteiger partial charge in [-0.05, 0) is 67.0 Å². The smallest absolute Gasteiger partial charge is 0.0107 e. The lowest BCUT2D eigenvalue weighted by molar-refractivity contribution is 1.03. The van der Waals surface area contributed by atoms with E-state index in [0.717, 1.165) is 0 Å². The second-order valence-electron chi connectivity index (χ2n) is 4.98. The molecule has 2 aliphatic rings. The highest BCUT2D eigenvalue weighted by atomic mass is 32.2. The van der Waals surface area contributed by atoms with Gasteiger partial charge < -0.3 is 0 Å². The molecule has 0 atom stereocenters. The quantitative estimate of drug-likeness (QED) is 0.683. The van der Waals surface area contributed by atoms with Crippen molar-refractivity contribution in [3.8, 4) is 0 Å². The average molecular weight is 242 g/mol. The monoisotopic (exact) mass is 242 g/mol. The van der Waals surface area contributed by atoms with Gasteiger partial charge in [-0.15, -0.1) is 11.8 Å². The van der Waals surface area contributed by atoms with E-state index >= 15 is 0 Å². The van der Waals surface area contributed by atoms with Gasteiger partial charge in [0.2, 0.25) is 0 Å². The Morgan fingerprint density at radius 2 is 2.00 bits per heavy atom. The first-order valence-corrected chi connectivity index (χ1v) is 7.37. The molecule has 0 amide bonds. The molecule has 1 aromatic carbocycles. The molecule has 1 aliphatic carbocycles. The summed E-state index contributed by atoms with van der Waals surface area (Å²) in [6, 6.07) is 4.84. The second-order valence-corrected chi connectivity index (χ2v) is 6.11. The van der Waals surface area contributed by atoms with E-state index in [1.807, 2.05) is 11.8 Å². The van der Waals surface area contributed by atoms with Gasteiger partial charge in [0, 0.05) is 10.6 Å². The normalized spacial score (nSPS) is 18.7. The minimum atomic E-state index is 1.19. The molecule has 1 heterocycles. The van der Waals surface area contributed by atoms with Crippen LogP contribution in [0.4, 0.5) is 0 Å². The number of benzene rings is 1. The van der Waals surface area contributed by atoms with Crippen LogP contribution in [0.1, 0.15) is 36.5 Å². The van der Waals surface area contributed by atoms with E-state index in [1.54, 1.807) is 11.1 Å². The summed E-state index contributed by atoms with van der Waals surface area (Å²) < 4.78 is 0. The molecular weight excluding hydrogens is 224 g/mol. The molecule has 0 nitrogen and oxygen atoms in total. The van der Waals surface area contributed by atoms with Gasteiger partial charge in [-0.3, -0.25) is 0 Å². The van der Waals surface area contributed by atoms with Gasteiger partial charge in [-0.1, -0.05) is 18.2 Å². The molecule has 0 N–H and O–H groups in total. The van der Waals surface area contributed by atoms with Crippen molar-refractivity contribution in [2.75, 3.05) is 5.75 Å². The zero-order valence-corrected chi connectivity index (χ0v) is 11.4. The Morgan fingerprint density at radius 3 is 2.82 bits per heavy atom. The predicted molar refractivity (Wildman–Crippen MR) is 76.6 cm³/mol. The van der Waals surface area contributed by atoms with Crippen LogP contribution in [0.15, 0.2) is 34.8 Å². The topological polar surface area (TPSA) is 0 Å². The SMILES string of the molecule is CC1=C(c2cc3c(cc2C)SCC3)CCC=C1. The minimum Gasteiger partial charge on any atom is -0.126 e. The minimum absolute atomic E-state index is 1.19. The van der Waals surface area contributed by atoms with Crippen LogP contribution in [0.2, 0.25) is 0 Å². The number of fused-ring (bicyclic) bond motifs is 1. The van der Waals surface area contributed by atoms with Gasteiger partial charge in [0.25, 0.3) is 0 Å². The fourth-order valence-electron chi connectivity index (χ4n) is 2.78. The number of hydrogen-bond acceptors (Lipinski definition) is 1. The maximum atomic E-state index is 2.45. The van der Waals surface area contributed by atoms with E-state index in [1.165, 1.54) is 46.6 Å². The van der Waals surface area contributed by atoms with Crippen LogP contribution >= 0.6 is 11.8 Å². The summed E-state index contributed by atoms with van der Waals surface area (Å²) in [5.41, 5.74) is 7.51. The third kappa shape index (κ3) is 1.97. The summed E-state index contributed by atoms with van der Waals surface area (Å²) in [5, 5.41) is 0. The molecule has 0 unspecified atom stereocenters. The van der Waals surface area contributed by atoms with Crippen molar-refractivity contribution in [3.63, 3.8) is 0 Å². The fraction of sp³-hybridized carbons (Fsp3) is 0.375. The summed E-state index contributed by atoms with van der Waals surface area (Å²) in [4.78, 5) is 1.51. The number of rotatable bonds is 1. The van der Waals surface area contributed by atoms with Crippen molar-refractivity contribution in [1.29, 1.82) is 0 Å². The summed E-state index contributed by atoms with van der Waals surface area (Å²) in [6.07, 6.45) is 8.21. The Balaban J connectivity index is 2.12. The van der Waals surface area contributed by atoms with E-state index in [9.17, 15) is 0 Å². The van der Waals surface area contributed by atoms with Crippen molar-refractivity contribution in [1.82, 2.24) is 0 Å². The summed E-state index contributed by atoms with van der Waals surface area (Å²) >= 11 is 2.01. The van der Waals surface area contributed by atoms with Crippen molar-refractivity contribution in [2.45, 2.75) is 38.0 Å². The summed E-state index contributed by atoms with van der Waals surface area (Å²) in [6.45, 7) is 4.50. The predicted octanol–water partition coefficient (Wildman–Crippen LogP) is 4.77. The Kier molecular flexibility index (Phi) is 2.87. The van der Waals surface area contributed by atoms with Crippen LogP contribution in [0, 0.1) is 6.92 Å².